The van der Waals surface area contributed by atoms with Crippen molar-refractivity contribution in [3.63, 3.8) is 0 Å². The molecule has 0 radical (unpaired) electrons. The molecule has 5 heteroatoms. The molecule has 2 atom stereocenters. The second-order valence-electron chi connectivity index (χ2n) is 8.27. The van der Waals surface area contributed by atoms with Crippen molar-refractivity contribution in [2.24, 2.45) is 5.41 Å². The molecule has 5 heterocycles. The molecule has 6 rings (SSSR count). The molecule has 0 N–H and O–H groups in total. The number of nitrogens with zero attached hydrogens (tertiary/aromatic N) is 4. The minimum absolute atomic E-state index is 0.215. The molecule has 0 bridgehead atoms. The van der Waals surface area contributed by atoms with Crippen LogP contribution in [0.1, 0.15) is 54.3 Å². The predicted octanol–water partition coefficient (Wildman–Crippen LogP) is 4.79. The summed E-state index contributed by atoms with van der Waals surface area (Å²) in [5.41, 5.74) is 5.92. The molecule has 3 aromatic rings. The number of aryl methyl sites for hydroxylation is 1. The first-order chi connectivity index (χ1) is 13.2. The molecule has 3 aliphatic heterocycles. The molecular weight excluding hydrogens is 352 g/mol. The number of aromatic nitrogens is 3. The van der Waals surface area contributed by atoms with Crippen LogP contribution in [0.4, 0.5) is 0 Å². The van der Waals surface area contributed by atoms with Crippen LogP contribution in [-0.4, -0.2) is 31.9 Å². The second-order valence-corrected chi connectivity index (χ2v) is 9.02. The van der Waals surface area contributed by atoms with Crippen LogP contribution < -0.4 is 0 Å². The lowest BCUT2D eigenvalue weighted by atomic mass is 9.66. The van der Waals surface area contributed by atoms with Crippen LogP contribution in [0.15, 0.2) is 30.3 Å². The molecule has 0 spiro atoms. The van der Waals surface area contributed by atoms with Crippen LogP contribution in [0.2, 0.25) is 0 Å². The summed E-state index contributed by atoms with van der Waals surface area (Å²) >= 11 is 1.54. The number of fused-ring (bicyclic) bond motifs is 3. The molecule has 0 amide bonds. The van der Waals surface area contributed by atoms with Gasteiger partial charge in [0.05, 0.1) is 17.3 Å². The zero-order chi connectivity index (χ0) is 18.2. The minimum atomic E-state index is 0.215. The van der Waals surface area contributed by atoms with Gasteiger partial charge in [0.1, 0.15) is 5.82 Å². The van der Waals surface area contributed by atoms with E-state index in [0.717, 1.165) is 17.3 Å². The van der Waals surface area contributed by atoms with Crippen LogP contribution >= 0.6 is 11.5 Å². The van der Waals surface area contributed by atoms with Crippen molar-refractivity contribution in [2.45, 2.75) is 45.6 Å². The highest BCUT2D eigenvalue weighted by molar-refractivity contribution is 7.06. The van der Waals surface area contributed by atoms with Gasteiger partial charge in [-0.3, -0.25) is 4.90 Å². The third kappa shape index (κ3) is 2.02. The van der Waals surface area contributed by atoms with Crippen molar-refractivity contribution in [1.29, 1.82) is 0 Å². The van der Waals surface area contributed by atoms with Gasteiger partial charge < -0.3 is 4.57 Å². The normalized spacial score (nSPS) is 26.9. The molecule has 138 valence electrons. The highest BCUT2D eigenvalue weighted by Crippen LogP contribution is 2.57. The Kier molecular flexibility index (Phi) is 3.27. The SMILES string of the molecule is CCC12C=C(c3nc(C)ns3)n3c4c(c5ccccc53)CCN(CCC1)[C@H]42. The number of rotatable bonds is 2. The van der Waals surface area contributed by atoms with Crippen LogP contribution in [0.3, 0.4) is 0 Å². The van der Waals surface area contributed by atoms with Crippen molar-refractivity contribution < 1.29 is 0 Å². The largest absolute Gasteiger partial charge is 0.309 e. The lowest BCUT2D eigenvalue weighted by Crippen LogP contribution is -2.50. The zero-order valence-electron chi connectivity index (χ0n) is 15.9. The van der Waals surface area contributed by atoms with Crippen LogP contribution in [0.25, 0.3) is 16.6 Å². The lowest BCUT2D eigenvalue weighted by Gasteiger charge is -2.53. The number of hydrogen-bond acceptors (Lipinski definition) is 4. The van der Waals surface area contributed by atoms with Gasteiger partial charge in [-0.25, -0.2) is 4.98 Å². The van der Waals surface area contributed by atoms with Gasteiger partial charge in [-0.05, 0) is 68.4 Å². The number of para-hydroxylation sites is 1. The van der Waals surface area contributed by atoms with Gasteiger partial charge in [0, 0.05) is 23.0 Å². The first-order valence-corrected chi connectivity index (χ1v) is 10.9. The molecule has 2 aromatic heterocycles. The molecule has 3 aliphatic rings. The Bertz CT molecular complexity index is 1090. The van der Waals surface area contributed by atoms with E-state index in [1.54, 1.807) is 17.1 Å². The Morgan fingerprint density at radius 1 is 1.26 bits per heavy atom. The van der Waals surface area contributed by atoms with E-state index in [1.807, 2.05) is 6.92 Å². The van der Waals surface area contributed by atoms with Crippen molar-refractivity contribution in [2.75, 3.05) is 13.1 Å². The molecule has 27 heavy (non-hydrogen) atoms. The average Bonchev–Trinajstić information content (AvgIpc) is 3.28. The van der Waals surface area contributed by atoms with Crippen molar-refractivity contribution in [3.05, 3.63) is 52.4 Å². The number of hydrogen-bond donors (Lipinski definition) is 0. The Balaban J connectivity index is 1.73. The summed E-state index contributed by atoms with van der Waals surface area (Å²) in [6.45, 7) is 6.78. The fourth-order valence-corrected chi connectivity index (χ4v) is 6.51. The number of piperidine rings is 1. The van der Waals surface area contributed by atoms with E-state index < -0.39 is 0 Å². The standard InChI is InChI=1S/C22H24N4S/c1-3-22-10-6-11-25-12-9-16-15-7-4-5-8-17(15)26(19(16)20(22)25)18(13-22)21-23-14(2)24-27-21/h4-5,7-8,13,20H,3,6,9-12H2,1-2H3/t20-,22?/m1/s1. The fraction of sp³-hybridized carbons (Fsp3) is 0.455. The maximum absolute atomic E-state index is 4.79. The molecule has 1 aromatic carbocycles. The zero-order valence-corrected chi connectivity index (χ0v) is 16.7. The summed E-state index contributed by atoms with van der Waals surface area (Å²) in [7, 11) is 0. The second kappa shape index (κ2) is 5.52. The summed E-state index contributed by atoms with van der Waals surface area (Å²) in [6, 6.07) is 9.45. The van der Waals surface area contributed by atoms with E-state index in [0.29, 0.717) is 6.04 Å². The molecule has 1 saturated heterocycles. The summed E-state index contributed by atoms with van der Waals surface area (Å²) < 4.78 is 7.03. The van der Waals surface area contributed by atoms with Crippen LogP contribution in [-0.2, 0) is 6.42 Å². The first kappa shape index (κ1) is 16.0. The summed E-state index contributed by atoms with van der Waals surface area (Å²) in [6.07, 6.45) is 7.46. The predicted molar refractivity (Wildman–Crippen MR) is 110 cm³/mol. The first-order valence-electron chi connectivity index (χ1n) is 10.1. The van der Waals surface area contributed by atoms with Crippen molar-refractivity contribution in [1.82, 2.24) is 18.8 Å². The van der Waals surface area contributed by atoms with Gasteiger partial charge in [-0.2, -0.15) is 4.37 Å². The monoisotopic (exact) mass is 376 g/mol. The van der Waals surface area contributed by atoms with Gasteiger partial charge >= 0.3 is 0 Å². The van der Waals surface area contributed by atoms with Gasteiger partial charge in [0.2, 0.25) is 0 Å². The maximum Gasteiger partial charge on any atom is 0.160 e. The topological polar surface area (TPSA) is 34.0 Å². The van der Waals surface area contributed by atoms with Crippen molar-refractivity contribution in [3.8, 4) is 0 Å². The Morgan fingerprint density at radius 3 is 2.96 bits per heavy atom. The van der Waals surface area contributed by atoms with E-state index in [1.165, 1.54) is 54.6 Å². The third-order valence-electron chi connectivity index (χ3n) is 7.00. The lowest BCUT2D eigenvalue weighted by molar-refractivity contribution is 0.0271. The summed E-state index contributed by atoms with van der Waals surface area (Å²) in [4.78, 5) is 7.55. The fourth-order valence-electron chi connectivity index (χ4n) is 5.84. The van der Waals surface area contributed by atoms with Crippen molar-refractivity contribution >= 4 is 28.1 Å². The van der Waals surface area contributed by atoms with Crippen LogP contribution in [0.5, 0.6) is 0 Å². The van der Waals surface area contributed by atoms with E-state index in [2.05, 4.69) is 51.1 Å². The molecule has 1 unspecified atom stereocenters. The Labute approximate surface area is 163 Å². The molecular formula is C22H24N4S. The molecule has 0 aliphatic carbocycles. The highest BCUT2D eigenvalue weighted by Gasteiger charge is 2.50. The van der Waals surface area contributed by atoms with E-state index >= 15 is 0 Å². The summed E-state index contributed by atoms with van der Waals surface area (Å²) in [5.74, 6) is 0.874. The molecule has 0 saturated carbocycles. The number of benzene rings is 1. The molecule has 4 nitrogen and oxygen atoms in total. The van der Waals surface area contributed by atoms with E-state index in [-0.39, 0.29) is 5.41 Å². The summed E-state index contributed by atoms with van der Waals surface area (Å²) in [5, 5.41) is 2.49. The molecule has 1 fully saturated rings. The Morgan fingerprint density at radius 2 is 2.15 bits per heavy atom. The van der Waals surface area contributed by atoms with E-state index in [9.17, 15) is 0 Å². The quantitative estimate of drug-likeness (QED) is 0.645. The third-order valence-corrected chi connectivity index (χ3v) is 7.82. The Hall–Kier alpha value is -1.98. The minimum Gasteiger partial charge on any atom is -0.309 e. The maximum atomic E-state index is 4.79. The highest BCUT2D eigenvalue weighted by atomic mass is 32.1. The van der Waals surface area contributed by atoms with E-state index in [4.69, 9.17) is 4.98 Å². The smallest absolute Gasteiger partial charge is 0.160 e. The van der Waals surface area contributed by atoms with Crippen LogP contribution in [0, 0.1) is 12.3 Å². The van der Waals surface area contributed by atoms with Gasteiger partial charge in [-0.1, -0.05) is 25.1 Å². The van der Waals surface area contributed by atoms with Gasteiger partial charge in [0.25, 0.3) is 0 Å². The van der Waals surface area contributed by atoms with Gasteiger partial charge in [0.15, 0.2) is 5.01 Å². The average molecular weight is 377 g/mol. The van der Waals surface area contributed by atoms with Gasteiger partial charge in [-0.15, -0.1) is 0 Å².